The Balaban J connectivity index is 2.30. The molecule has 0 fully saturated rings. The summed E-state index contributed by atoms with van der Waals surface area (Å²) in [5.74, 6) is -0.0171. The van der Waals surface area contributed by atoms with Gasteiger partial charge in [0.1, 0.15) is 15.5 Å². The lowest BCUT2D eigenvalue weighted by molar-refractivity contribution is 0.112. The first-order valence-corrected chi connectivity index (χ1v) is 8.65. The van der Waals surface area contributed by atoms with Crippen LogP contribution in [0.5, 0.6) is 0 Å². The van der Waals surface area contributed by atoms with Gasteiger partial charge in [0, 0.05) is 23.4 Å². The van der Waals surface area contributed by atoms with E-state index in [0.717, 1.165) is 11.8 Å². The van der Waals surface area contributed by atoms with Crippen LogP contribution in [0.1, 0.15) is 10.4 Å². The number of nitrogens with zero attached hydrogens (tertiary/aromatic N) is 2. The third-order valence-electron chi connectivity index (χ3n) is 2.45. The normalized spacial score (nSPS) is 11.7. The van der Waals surface area contributed by atoms with Crippen LogP contribution in [0.25, 0.3) is 11.3 Å². The highest BCUT2D eigenvalue weighted by atomic mass is 35.5. The van der Waals surface area contributed by atoms with Crippen LogP contribution in [0.15, 0.2) is 17.6 Å². The number of carbonyl (C=O) groups is 1. The fourth-order valence-electron chi connectivity index (χ4n) is 1.56. The van der Waals surface area contributed by atoms with Crippen molar-refractivity contribution in [3.63, 3.8) is 0 Å². The van der Waals surface area contributed by atoms with Gasteiger partial charge in [-0.3, -0.25) is 9.48 Å². The average Bonchev–Trinajstić information content (AvgIpc) is 2.91. The summed E-state index contributed by atoms with van der Waals surface area (Å²) < 4.78 is 24.3. The van der Waals surface area contributed by atoms with Gasteiger partial charge < -0.3 is 0 Å². The second-order valence-corrected chi connectivity index (χ2v) is 7.89. The Labute approximate surface area is 119 Å². The van der Waals surface area contributed by atoms with Gasteiger partial charge in [-0.1, -0.05) is 11.6 Å². The molecule has 0 amide bonds. The zero-order valence-corrected chi connectivity index (χ0v) is 12.4. The summed E-state index contributed by atoms with van der Waals surface area (Å²) in [6, 6.07) is 1.72. The Kier molecular flexibility index (Phi) is 4.07. The van der Waals surface area contributed by atoms with Crippen LogP contribution in [0.2, 0.25) is 4.34 Å². The van der Waals surface area contributed by atoms with Crippen molar-refractivity contribution >= 4 is 39.1 Å². The smallest absolute Gasteiger partial charge is 0.153 e. The molecule has 0 saturated heterocycles. The van der Waals surface area contributed by atoms with Crippen molar-refractivity contribution in [2.24, 2.45) is 0 Å². The monoisotopic (exact) mass is 318 g/mol. The maximum absolute atomic E-state index is 11.1. The molecule has 19 heavy (non-hydrogen) atoms. The molecule has 0 aliphatic heterocycles. The molecular formula is C11H11ClN2O3S2. The predicted octanol–water partition coefficient (Wildman–Crippen LogP) is 2.12. The van der Waals surface area contributed by atoms with E-state index in [1.165, 1.54) is 16.0 Å². The number of aldehydes is 1. The summed E-state index contributed by atoms with van der Waals surface area (Å²) in [4.78, 5) is 11.0. The van der Waals surface area contributed by atoms with Gasteiger partial charge in [-0.2, -0.15) is 5.10 Å². The Bertz CT molecular complexity index is 703. The number of carbonyl (C=O) groups excluding carboxylic acids is 1. The number of aromatic nitrogens is 2. The first kappa shape index (κ1) is 14.2. The predicted molar refractivity (Wildman–Crippen MR) is 75.6 cm³/mol. The molecule has 102 valence electrons. The lowest BCUT2D eigenvalue weighted by Gasteiger charge is -1.99. The second kappa shape index (κ2) is 5.44. The zero-order valence-electron chi connectivity index (χ0n) is 10.0. The lowest BCUT2D eigenvalue weighted by Crippen LogP contribution is -2.11. The first-order valence-electron chi connectivity index (χ1n) is 5.34. The van der Waals surface area contributed by atoms with Gasteiger partial charge in [0.2, 0.25) is 0 Å². The largest absolute Gasteiger partial charge is 0.298 e. The highest BCUT2D eigenvalue weighted by molar-refractivity contribution is 7.90. The Hall–Kier alpha value is -1.18. The van der Waals surface area contributed by atoms with E-state index in [9.17, 15) is 13.2 Å². The molecule has 0 atom stereocenters. The minimum Gasteiger partial charge on any atom is -0.298 e. The number of aryl methyl sites for hydroxylation is 1. The Morgan fingerprint density at radius 1 is 1.53 bits per heavy atom. The van der Waals surface area contributed by atoms with Crippen molar-refractivity contribution in [1.82, 2.24) is 9.78 Å². The molecule has 0 bridgehead atoms. The molecule has 0 radical (unpaired) electrons. The minimum atomic E-state index is -3.06. The van der Waals surface area contributed by atoms with Crippen molar-refractivity contribution < 1.29 is 13.2 Å². The molecule has 0 aromatic carbocycles. The van der Waals surface area contributed by atoms with Crippen LogP contribution in [0.3, 0.4) is 0 Å². The number of rotatable bonds is 5. The standard InChI is InChI=1S/C11H11ClN2O3S2/c1-19(16,17)3-2-14-5-9(6-15)11(13-14)8-4-10(12)18-7-8/h4-7H,2-3H2,1H3. The number of thiophene rings is 1. The van der Waals surface area contributed by atoms with Gasteiger partial charge in [-0.25, -0.2) is 8.42 Å². The zero-order chi connectivity index (χ0) is 14.0. The van der Waals surface area contributed by atoms with Gasteiger partial charge >= 0.3 is 0 Å². The van der Waals surface area contributed by atoms with Crippen molar-refractivity contribution in [3.8, 4) is 11.3 Å². The fourth-order valence-corrected chi connectivity index (χ4v) is 2.94. The van der Waals surface area contributed by atoms with Gasteiger partial charge in [0.15, 0.2) is 6.29 Å². The van der Waals surface area contributed by atoms with Gasteiger partial charge in [0.25, 0.3) is 0 Å². The number of halogens is 1. The third kappa shape index (κ3) is 3.65. The molecule has 0 spiro atoms. The van der Waals surface area contributed by atoms with Gasteiger partial charge in [-0.05, 0) is 6.07 Å². The number of hydrogen-bond donors (Lipinski definition) is 0. The molecule has 0 aliphatic carbocycles. The summed E-state index contributed by atoms with van der Waals surface area (Å²) in [7, 11) is -3.06. The molecule has 8 heteroatoms. The number of hydrogen-bond acceptors (Lipinski definition) is 5. The van der Waals surface area contributed by atoms with E-state index in [0.29, 0.717) is 21.9 Å². The summed E-state index contributed by atoms with van der Waals surface area (Å²) >= 11 is 7.20. The number of sulfone groups is 1. The quantitative estimate of drug-likeness (QED) is 0.792. The third-order valence-corrected chi connectivity index (χ3v) is 4.46. The first-order chi connectivity index (χ1) is 8.89. The van der Waals surface area contributed by atoms with Gasteiger partial charge in [0.05, 0.1) is 22.2 Å². The van der Waals surface area contributed by atoms with Crippen molar-refractivity contribution in [3.05, 3.63) is 27.5 Å². The molecule has 0 aliphatic rings. The molecule has 2 aromatic heterocycles. The van der Waals surface area contributed by atoms with Crippen LogP contribution in [-0.4, -0.2) is 36.5 Å². The second-order valence-electron chi connectivity index (χ2n) is 4.08. The molecule has 0 N–H and O–H groups in total. The highest BCUT2D eigenvalue weighted by Crippen LogP contribution is 2.29. The molecule has 2 heterocycles. The van der Waals surface area contributed by atoms with E-state index in [4.69, 9.17) is 11.6 Å². The van der Waals surface area contributed by atoms with E-state index >= 15 is 0 Å². The average molecular weight is 319 g/mol. The molecule has 5 nitrogen and oxygen atoms in total. The van der Waals surface area contributed by atoms with E-state index in [-0.39, 0.29) is 12.3 Å². The van der Waals surface area contributed by atoms with Crippen molar-refractivity contribution in [2.75, 3.05) is 12.0 Å². The van der Waals surface area contributed by atoms with E-state index in [1.807, 2.05) is 0 Å². The molecule has 2 aromatic rings. The van der Waals surface area contributed by atoms with E-state index in [2.05, 4.69) is 5.10 Å². The summed E-state index contributed by atoms with van der Waals surface area (Å²) in [6.45, 7) is 0.220. The van der Waals surface area contributed by atoms with E-state index < -0.39 is 9.84 Å². The van der Waals surface area contributed by atoms with Crippen LogP contribution in [0, 0.1) is 0 Å². The van der Waals surface area contributed by atoms with Gasteiger partial charge in [-0.15, -0.1) is 11.3 Å². The van der Waals surface area contributed by atoms with Crippen LogP contribution >= 0.6 is 22.9 Å². The minimum absolute atomic E-state index is 0.0171. The molecule has 0 saturated carbocycles. The van der Waals surface area contributed by atoms with Crippen LogP contribution in [0.4, 0.5) is 0 Å². The molecule has 0 unspecified atom stereocenters. The highest BCUT2D eigenvalue weighted by Gasteiger charge is 2.13. The topological polar surface area (TPSA) is 69.0 Å². The Morgan fingerprint density at radius 2 is 2.26 bits per heavy atom. The SMILES string of the molecule is CS(=O)(=O)CCn1cc(C=O)c(-c2csc(Cl)c2)n1. The van der Waals surface area contributed by atoms with Crippen molar-refractivity contribution in [1.29, 1.82) is 0 Å². The molecule has 2 rings (SSSR count). The summed E-state index contributed by atoms with van der Waals surface area (Å²) in [6.07, 6.45) is 3.40. The summed E-state index contributed by atoms with van der Waals surface area (Å²) in [5.41, 5.74) is 1.70. The van der Waals surface area contributed by atoms with Crippen LogP contribution in [-0.2, 0) is 16.4 Å². The Morgan fingerprint density at radius 3 is 2.79 bits per heavy atom. The fraction of sp³-hybridized carbons (Fsp3) is 0.273. The lowest BCUT2D eigenvalue weighted by atomic mass is 10.2. The maximum atomic E-state index is 11.1. The van der Waals surface area contributed by atoms with Crippen LogP contribution < -0.4 is 0 Å². The molecular weight excluding hydrogens is 308 g/mol. The summed E-state index contributed by atoms with van der Waals surface area (Å²) in [5, 5.41) is 6.04. The maximum Gasteiger partial charge on any atom is 0.153 e. The van der Waals surface area contributed by atoms with Crippen molar-refractivity contribution in [2.45, 2.75) is 6.54 Å². The van der Waals surface area contributed by atoms with E-state index in [1.54, 1.807) is 17.6 Å².